The Bertz CT molecular complexity index is 1540. The maximum absolute atomic E-state index is 14.5. The highest BCUT2D eigenvalue weighted by molar-refractivity contribution is 7.83. The van der Waals surface area contributed by atoms with Crippen molar-refractivity contribution >= 4 is 22.6 Å². The Morgan fingerprint density at radius 3 is 2.73 bits per heavy atom. The van der Waals surface area contributed by atoms with Crippen molar-refractivity contribution in [3.63, 3.8) is 0 Å². The molecule has 0 bridgehead atoms. The molecule has 208 valence electrons. The second-order valence-corrected chi connectivity index (χ2v) is 11.6. The van der Waals surface area contributed by atoms with E-state index < -0.39 is 16.8 Å². The first-order chi connectivity index (χ1) is 19.3. The summed E-state index contributed by atoms with van der Waals surface area (Å²) >= 11 is 0. The lowest BCUT2D eigenvalue weighted by atomic mass is 9.87. The van der Waals surface area contributed by atoms with E-state index >= 15 is 0 Å². The first-order valence-corrected chi connectivity index (χ1v) is 14.6. The topological polar surface area (TPSA) is 68.4 Å². The smallest absolute Gasteiger partial charge is 0.318 e. The standard InChI is InChI=1S/C31H32F2N4O2S/c1-21(26-10-3-4-11-28(26)33)17-31(38)37(20-30-34-15-16-36(30)2)24-14-13-22-7-5-12-29(27(22)19-24)35-40(39)25-9-6-8-23(32)18-25/h3-4,6,8-11,13-16,18-19,21,29,35H,5,7,12,17,20H2,1-2H3/p+1/t21-,29+,40?/m1/s1. The summed E-state index contributed by atoms with van der Waals surface area (Å²) in [5.41, 5.74) is 3.41. The molecule has 3 aromatic carbocycles. The number of hydrogen-bond donors (Lipinski definition) is 2. The molecular formula is C31H33F2N4O2S+. The third kappa shape index (κ3) is 6.27. The quantitative estimate of drug-likeness (QED) is 0.307. The van der Waals surface area contributed by atoms with Crippen LogP contribution in [-0.2, 0) is 35.8 Å². The number of carbonyl (C=O) groups excluding carboxylic acids is 1. The predicted octanol–water partition coefficient (Wildman–Crippen LogP) is 4.83. The molecule has 2 N–H and O–H groups in total. The maximum atomic E-state index is 14.5. The Morgan fingerprint density at radius 2 is 1.98 bits per heavy atom. The highest BCUT2D eigenvalue weighted by Crippen LogP contribution is 2.32. The zero-order chi connectivity index (χ0) is 28.2. The summed E-state index contributed by atoms with van der Waals surface area (Å²) in [4.78, 5) is 19.3. The van der Waals surface area contributed by atoms with Gasteiger partial charge in [-0.25, -0.2) is 32.4 Å². The summed E-state index contributed by atoms with van der Waals surface area (Å²) in [6.45, 7) is 2.20. The van der Waals surface area contributed by atoms with Crippen LogP contribution >= 0.6 is 0 Å². The Morgan fingerprint density at radius 1 is 1.15 bits per heavy atom. The molecule has 0 aliphatic heterocycles. The minimum Gasteiger partial charge on any atom is -0.333 e. The number of nitrogens with one attached hydrogen (secondary N) is 2. The number of imidazole rings is 1. The number of rotatable bonds is 9. The first kappa shape index (κ1) is 28.0. The van der Waals surface area contributed by atoms with Crippen LogP contribution in [0.4, 0.5) is 14.5 Å². The molecule has 0 saturated heterocycles. The molecule has 4 atom stereocenters. The fraction of sp³-hybridized carbons (Fsp3) is 0.290. The van der Waals surface area contributed by atoms with Crippen molar-refractivity contribution in [1.29, 1.82) is 0 Å². The SMILES string of the molecule is C[C@H](CC(=O)[NH+](Cc1nccn1C)c1ccc2c(c1)[C@@H](NS(=O)c1cccc(F)c1)CCC2)c1ccccc1F. The highest BCUT2D eigenvalue weighted by atomic mass is 32.2. The molecule has 0 radical (unpaired) electrons. The summed E-state index contributed by atoms with van der Waals surface area (Å²) < 4.78 is 46.3. The average Bonchev–Trinajstić information content (AvgIpc) is 3.35. The molecule has 1 aliphatic rings. The normalized spacial score (nSPS) is 17.1. The third-order valence-corrected chi connectivity index (χ3v) is 8.77. The van der Waals surface area contributed by atoms with Gasteiger partial charge in [-0.05, 0) is 72.2 Å². The monoisotopic (exact) mass is 563 g/mol. The molecule has 9 heteroatoms. The minimum atomic E-state index is -1.60. The average molecular weight is 564 g/mol. The second kappa shape index (κ2) is 12.3. The van der Waals surface area contributed by atoms with E-state index in [0.717, 1.165) is 41.9 Å². The van der Waals surface area contributed by atoms with Gasteiger partial charge in [-0.15, -0.1) is 0 Å². The number of hydrogen-bond acceptors (Lipinski definition) is 3. The number of benzene rings is 3. The summed E-state index contributed by atoms with van der Waals surface area (Å²) in [7, 11) is 0.292. The van der Waals surface area contributed by atoms with E-state index in [-0.39, 0.29) is 30.1 Å². The van der Waals surface area contributed by atoms with Crippen molar-refractivity contribution in [2.24, 2.45) is 7.05 Å². The van der Waals surface area contributed by atoms with Gasteiger partial charge in [0.05, 0.1) is 11.3 Å². The lowest BCUT2D eigenvalue weighted by molar-refractivity contribution is -0.766. The van der Waals surface area contributed by atoms with E-state index in [0.29, 0.717) is 21.9 Å². The lowest BCUT2D eigenvalue weighted by Crippen LogP contribution is -3.09. The molecule has 5 rings (SSSR count). The van der Waals surface area contributed by atoms with Gasteiger partial charge >= 0.3 is 5.91 Å². The van der Waals surface area contributed by atoms with Gasteiger partial charge in [0.15, 0.2) is 5.82 Å². The van der Waals surface area contributed by atoms with Crippen LogP contribution in [0.2, 0.25) is 0 Å². The van der Waals surface area contributed by atoms with Crippen molar-refractivity contribution < 1.29 is 22.7 Å². The van der Waals surface area contributed by atoms with Crippen LogP contribution in [-0.4, -0.2) is 19.7 Å². The molecular weight excluding hydrogens is 530 g/mol. The largest absolute Gasteiger partial charge is 0.333 e. The van der Waals surface area contributed by atoms with E-state index in [4.69, 9.17) is 0 Å². The van der Waals surface area contributed by atoms with Crippen LogP contribution in [0, 0.1) is 11.6 Å². The fourth-order valence-electron chi connectivity index (χ4n) is 5.36. The molecule has 0 saturated carbocycles. The Balaban J connectivity index is 1.44. The van der Waals surface area contributed by atoms with Crippen molar-refractivity contribution in [1.82, 2.24) is 14.3 Å². The molecule has 40 heavy (non-hydrogen) atoms. The van der Waals surface area contributed by atoms with Crippen LogP contribution in [0.3, 0.4) is 0 Å². The summed E-state index contributed by atoms with van der Waals surface area (Å²) in [5, 5.41) is 0. The summed E-state index contributed by atoms with van der Waals surface area (Å²) in [6.07, 6.45) is 6.27. The molecule has 0 fully saturated rings. The van der Waals surface area contributed by atoms with Gasteiger partial charge < -0.3 is 4.57 Å². The summed E-state index contributed by atoms with van der Waals surface area (Å²) in [5.74, 6) is -0.368. The number of fused-ring (bicyclic) bond motifs is 1. The maximum Gasteiger partial charge on any atom is 0.318 e. The zero-order valence-corrected chi connectivity index (χ0v) is 23.4. The van der Waals surface area contributed by atoms with Gasteiger partial charge in [0.1, 0.15) is 34.9 Å². The molecule has 2 unspecified atom stereocenters. The van der Waals surface area contributed by atoms with E-state index in [1.54, 1.807) is 36.5 Å². The van der Waals surface area contributed by atoms with Crippen LogP contribution in [0.1, 0.15) is 60.7 Å². The molecule has 1 heterocycles. The number of amides is 1. The van der Waals surface area contributed by atoms with Gasteiger partial charge in [0.25, 0.3) is 0 Å². The molecule has 6 nitrogen and oxygen atoms in total. The Labute approximate surface area is 235 Å². The Hall–Kier alpha value is -3.53. The molecule has 0 spiro atoms. The number of halogens is 2. The van der Waals surface area contributed by atoms with Crippen LogP contribution in [0.15, 0.2) is 84.0 Å². The predicted molar refractivity (Wildman–Crippen MR) is 150 cm³/mol. The first-order valence-electron chi connectivity index (χ1n) is 13.5. The number of nitrogens with zero attached hydrogens (tertiary/aromatic N) is 2. The van der Waals surface area contributed by atoms with E-state index in [1.165, 1.54) is 18.2 Å². The molecule has 4 aromatic rings. The van der Waals surface area contributed by atoms with E-state index in [1.807, 2.05) is 42.9 Å². The van der Waals surface area contributed by atoms with E-state index in [9.17, 15) is 17.8 Å². The fourth-order valence-corrected chi connectivity index (χ4v) is 6.42. The molecule has 1 aromatic heterocycles. The zero-order valence-electron chi connectivity index (χ0n) is 22.6. The number of aryl methyl sites for hydroxylation is 2. The minimum absolute atomic E-state index is 0.0673. The number of aromatic nitrogens is 2. The van der Waals surface area contributed by atoms with Crippen LogP contribution < -0.4 is 9.62 Å². The van der Waals surface area contributed by atoms with Crippen molar-refractivity contribution in [3.05, 3.63) is 113 Å². The number of quaternary nitrogens is 1. The summed E-state index contributed by atoms with van der Waals surface area (Å²) in [6, 6.07) is 18.2. The number of carbonyl (C=O) groups is 1. The lowest BCUT2D eigenvalue weighted by Gasteiger charge is -2.27. The Kier molecular flexibility index (Phi) is 8.63. The van der Waals surface area contributed by atoms with Crippen molar-refractivity contribution in [3.8, 4) is 0 Å². The third-order valence-electron chi connectivity index (χ3n) is 7.59. The van der Waals surface area contributed by atoms with Gasteiger partial charge in [0, 0.05) is 31.5 Å². The van der Waals surface area contributed by atoms with E-state index in [2.05, 4.69) is 9.71 Å². The second-order valence-electron chi connectivity index (χ2n) is 10.4. The van der Waals surface area contributed by atoms with Gasteiger partial charge in [0.2, 0.25) is 0 Å². The van der Waals surface area contributed by atoms with Crippen LogP contribution in [0.5, 0.6) is 0 Å². The van der Waals surface area contributed by atoms with Crippen molar-refractivity contribution in [2.75, 3.05) is 0 Å². The molecule has 1 amide bonds. The van der Waals surface area contributed by atoms with Crippen LogP contribution in [0.25, 0.3) is 0 Å². The van der Waals surface area contributed by atoms with Gasteiger partial charge in [-0.2, -0.15) is 0 Å². The van der Waals surface area contributed by atoms with Crippen molar-refractivity contribution in [2.45, 2.75) is 56.0 Å². The van der Waals surface area contributed by atoms with Gasteiger partial charge in [-0.3, -0.25) is 0 Å². The molecule has 1 aliphatic carbocycles. The highest BCUT2D eigenvalue weighted by Gasteiger charge is 2.30. The van der Waals surface area contributed by atoms with Gasteiger partial charge in [-0.1, -0.05) is 37.3 Å².